The lowest BCUT2D eigenvalue weighted by Crippen LogP contribution is -2.42. The molecule has 0 bridgehead atoms. The number of aliphatic hydroxyl groups excluding tert-OH is 2. The Morgan fingerprint density at radius 2 is 2.46 bits per heavy atom. The number of carbonyl (C=O) groups is 1. The highest BCUT2D eigenvalue weighted by molar-refractivity contribution is 5.82. The third-order valence-electron chi connectivity index (χ3n) is 2.00. The summed E-state index contributed by atoms with van der Waals surface area (Å²) in [7, 11) is 0. The number of nitrogens with one attached hydrogen (secondary N) is 2. The molecule has 1 fully saturated rings. The second-order valence-corrected chi connectivity index (χ2v) is 3.44. The topological polar surface area (TPSA) is 81.6 Å². The summed E-state index contributed by atoms with van der Waals surface area (Å²) in [6.07, 6.45) is -0.511. The summed E-state index contributed by atoms with van der Waals surface area (Å²) >= 11 is 0. The van der Waals surface area contributed by atoms with Crippen molar-refractivity contribution in [2.75, 3.05) is 13.1 Å². The number of rotatable bonds is 3. The van der Waals surface area contributed by atoms with Gasteiger partial charge in [0.05, 0.1) is 18.2 Å². The Bertz CT molecular complexity index is 184. The van der Waals surface area contributed by atoms with Crippen LogP contribution in [-0.4, -0.2) is 47.5 Å². The Kier molecular flexibility index (Phi) is 3.65. The van der Waals surface area contributed by atoms with Gasteiger partial charge in [-0.25, -0.2) is 0 Å². The third kappa shape index (κ3) is 3.30. The molecule has 5 heteroatoms. The summed E-state index contributed by atoms with van der Waals surface area (Å²) < 4.78 is 0. The summed E-state index contributed by atoms with van der Waals surface area (Å²) in [5, 5.41) is 23.5. The molecule has 1 amide bonds. The van der Waals surface area contributed by atoms with Crippen molar-refractivity contribution in [2.24, 2.45) is 0 Å². The van der Waals surface area contributed by atoms with E-state index in [-0.39, 0.29) is 18.5 Å². The molecule has 0 aromatic rings. The summed E-state index contributed by atoms with van der Waals surface area (Å²) in [4.78, 5) is 11.3. The van der Waals surface area contributed by atoms with Crippen LogP contribution in [0.2, 0.25) is 0 Å². The molecule has 1 aliphatic rings. The molecular weight excluding hydrogens is 172 g/mol. The third-order valence-corrected chi connectivity index (χ3v) is 2.00. The average Bonchev–Trinajstić information content (AvgIpc) is 2.47. The van der Waals surface area contributed by atoms with Gasteiger partial charge in [0, 0.05) is 13.1 Å². The normalized spacial score (nSPS) is 30.1. The van der Waals surface area contributed by atoms with E-state index in [9.17, 15) is 4.79 Å². The minimum atomic E-state index is -0.532. The van der Waals surface area contributed by atoms with Crippen molar-refractivity contribution >= 4 is 5.91 Å². The first-order valence-electron chi connectivity index (χ1n) is 4.47. The molecule has 0 aliphatic carbocycles. The van der Waals surface area contributed by atoms with Crippen LogP contribution < -0.4 is 10.6 Å². The maximum absolute atomic E-state index is 11.3. The lowest BCUT2D eigenvalue weighted by Gasteiger charge is -2.11. The van der Waals surface area contributed by atoms with Crippen LogP contribution in [0, 0.1) is 0 Å². The largest absolute Gasteiger partial charge is 0.392 e. The highest BCUT2D eigenvalue weighted by atomic mass is 16.3. The van der Waals surface area contributed by atoms with Crippen molar-refractivity contribution in [3.05, 3.63) is 0 Å². The van der Waals surface area contributed by atoms with Crippen LogP contribution in [0.3, 0.4) is 0 Å². The van der Waals surface area contributed by atoms with Crippen LogP contribution in [0.25, 0.3) is 0 Å². The predicted molar refractivity (Wildman–Crippen MR) is 47.1 cm³/mol. The van der Waals surface area contributed by atoms with E-state index in [4.69, 9.17) is 10.2 Å². The van der Waals surface area contributed by atoms with E-state index in [0.29, 0.717) is 13.0 Å². The zero-order valence-electron chi connectivity index (χ0n) is 7.66. The van der Waals surface area contributed by atoms with Gasteiger partial charge in [-0.15, -0.1) is 0 Å². The molecule has 1 rings (SSSR count). The molecule has 13 heavy (non-hydrogen) atoms. The molecule has 0 saturated carbocycles. The van der Waals surface area contributed by atoms with Crippen LogP contribution >= 0.6 is 0 Å². The minimum Gasteiger partial charge on any atom is -0.392 e. The Balaban J connectivity index is 2.24. The Morgan fingerprint density at radius 3 is 2.92 bits per heavy atom. The number of amides is 1. The first-order chi connectivity index (χ1) is 6.09. The maximum atomic E-state index is 11.3. The molecule has 0 spiro atoms. The molecule has 1 heterocycles. The van der Waals surface area contributed by atoms with Crippen LogP contribution in [0.1, 0.15) is 13.3 Å². The zero-order valence-corrected chi connectivity index (χ0v) is 7.66. The Labute approximate surface area is 77.1 Å². The van der Waals surface area contributed by atoms with Crippen LogP contribution in [0.15, 0.2) is 0 Å². The summed E-state index contributed by atoms with van der Waals surface area (Å²) in [5.74, 6) is -0.155. The number of carbonyl (C=O) groups excluding carboxylic acids is 1. The van der Waals surface area contributed by atoms with Gasteiger partial charge >= 0.3 is 0 Å². The molecule has 5 nitrogen and oxygen atoms in total. The van der Waals surface area contributed by atoms with E-state index in [1.165, 1.54) is 0 Å². The molecule has 1 saturated heterocycles. The average molecular weight is 188 g/mol. The van der Waals surface area contributed by atoms with Crippen LogP contribution in [-0.2, 0) is 4.79 Å². The van der Waals surface area contributed by atoms with Gasteiger partial charge in [0.25, 0.3) is 0 Å². The van der Waals surface area contributed by atoms with Crippen molar-refractivity contribution in [2.45, 2.75) is 31.6 Å². The fourth-order valence-corrected chi connectivity index (χ4v) is 1.29. The van der Waals surface area contributed by atoms with Crippen molar-refractivity contribution in [3.63, 3.8) is 0 Å². The number of aliphatic hydroxyl groups is 2. The molecule has 3 atom stereocenters. The van der Waals surface area contributed by atoms with Gasteiger partial charge in [-0.1, -0.05) is 0 Å². The van der Waals surface area contributed by atoms with Crippen LogP contribution in [0.5, 0.6) is 0 Å². The molecular formula is C8H16N2O3. The number of hydrogen-bond acceptors (Lipinski definition) is 4. The monoisotopic (exact) mass is 188 g/mol. The van der Waals surface area contributed by atoms with Gasteiger partial charge in [-0.05, 0) is 13.3 Å². The SMILES string of the molecule is C[C@H](O)CNC(=O)C1CC(O)CN1. The van der Waals surface area contributed by atoms with Crippen LogP contribution in [0.4, 0.5) is 0 Å². The lowest BCUT2D eigenvalue weighted by molar-refractivity contribution is -0.123. The molecule has 76 valence electrons. The predicted octanol–water partition coefficient (Wildman–Crippen LogP) is -1.79. The van der Waals surface area contributed by atoms with Crippen molar-refractivity contribution < 1.29 is 15.0 Å². The van der Waals surface area contributed by atoms with Gasteiger partial charge in [0.1, 0.15) is 0 Å². The first-order valence-corrected chi connectivity index (χ1v) is 4.47. The first kappa shape index (κ1) is 10.4. The molecule has 0 radical (unpaired) electrons. The Morgan fingerprint density at radius 1 is 1.77 bits per heavy atom. The van der Waals surface area contributed by atoms with E-state index in [0.717, 1.165) is 0 Å². The zero-order chi connectivity index (χ0) is 9.84. The highest BCUT2D eigenvalue weighted by Crippen LogP contribution is 2.05. The summed E-state index contributed by atoms with van der Waals surface area (Å²) in [6, 6.07) is -0.311. The lowest BCUT2D eigenvalue weighted by atomic mass is 10.2. The Hall–Kier alpha value is -0.650. The van der Waals surface area contributed by atoms with E-state index in [1.54, 1.807) is 6.92 Å². The fraction of sp³-hybridized carbons (Fsp3) is 0.875. The van der Waals surface area contributed by atoms with Crippen molar-refractivity contribution in [3.8, 4) is 0 Å². The van der Waals surface area contributed by atoms with Crippen molar-refractivity contribution in [1.29, 1.82) is 0 Å². The van der Waals surface area contributed by atoms with E-state index in [2.05, 4.69) is 10.6 Å². The standard InChI is InChI=1S/C8H16N2O3/c1-5(11)3-10-8(13)7-2-6(12)4-9-7/h5-7,9,11-12H,2-4H2,1H3,(H,10,13)/t5-,6?,7?/m0/s1. The van der Waals surface area contributed by atoms with Gasteiger partial charge in [-0.3, -0.25) is 4.79 Å². The van der Waals surface area contributed by atoms with Gasteiger partial charge in [0.2, 0.25) is 5.91 Å². The molecule has 1 aliphatic heterocycles. The molecule has 0 aromatic carbocycles. The fourth-order valence-electron chi connectivity index (χ4n) is 1.29. The minimum absolute atomic E-state index is 0.155. The quantitative estimate of drug-likeness (QED) is 0.421. The van der Waals surface area contributed by atoms with Gasteiger partial charge in [0.15, 0.2) is 0 Å². The maximum Gasteiger partial charge on any atom is 0.237 e. The molecule has 4 N–H and O–H groups in total. The smallest absolute Gasteiger partial charge is 0.237 e. The number of hydrogen-bond donors (Lipinski definition) is 4. The van der Waals surface area contributed by atoms with Gasteiger partial charge in [-0.2, -0.15) is 0 Å². The summed E-state index contributed by atoms with van der Waals surface area (Å²) in [6.45, 7) is 2.33. The van der Waals surface area contributed by atoms with Gasteiger partial charge < -0.3 is 20.8 Å². The highest BCUT2D eigenvalue weighted by Gasteiger charge is 2.27. The van der Waals surface area contributed by atoms with E-state index < -0.39 is 12.2 Å². The second-order valence-electron chi connectivity index (χ2n) is 3.44. The second kappa shape index (κ2) is 4.55. The number of β-amino-alcohol motifs (C(OH)–C–C–N with tert-alkyl or cyclic N) is 1. The van der Waals surface area contributed by atoms with Crippen molar-refractivity contribution in [1.82, 2.24) is 10.6 Å². The molecule has 0 aromatic heterocycles. The molecule has 2 unspecified atom stereocenters. The van der Waals surface area contributed by atoms with E-state index >= 15 is 0 Å². The summed E-state index contributed by atoms with van der Waals surface area (Å²) in [5.41, 5.74) is 0. The van der Waals surface area contributed by atoms with E-state index in [1.807, 2.05) is 0 Å².